The summed E-state index contributed by atoms with van der Waals surface area (Å²) in [5.41, 5.74) is 7.01. The lowest BCUT2D eigenvalue weighted by molar-refractivity contribution is 0.0640. The predicted octanol–water partition coefficient (Wildman–Crippen LogP) is 11.8. The Balaban J connectivity index is 0.000000157. The van der Waals surface area contributed by atoms with E-state index in [-0.39, 0.29) is 33.9 Å². The fourth-order valence-electron chi connectivity index (χ4n) is 16.4. The first-order valence-corrected chi connectivity index (χ1v) is 35.0. The Hall–Kier alpha value is -4.58. The summed E-state index contributed by atoms with van der Waals surface area (Å²) >= 11 is 12.8. The maximum atomic E-state index is 13.4. The number of epoxide rings is 2. The van der Waals surface area contributed by atoms with Crippen molar-refractivity contribution in [3.8, 4) is 11.5 Å². The minimum atomic E-state index is -3.84. The van der Waals surface area contributed by atoms with Crippen LogP contribution in [0.3, 0.4) is 0 Å². The second kappa shape index (κ2) is 22.2. The molecule has 452 valence electrons. The van der Waals surface area contributed by atoms with Crippen molar-refractivity contribution >= 4 is 66.4 Å². The third kappa shape index (κ3) is 10.9. The van der Waals surface area contributed by atoms with E-state index in [1.54, 1.807) is 26.0 Å². The number of hydrogen-bond acceptors (Lipinski definition) is 12. The number of aryl methyl sites for hydroxylation is 2. The number of anilines is 2. The van der Waals surface area contributed by atoms with Gasteiger partial charge in [0.2, 0.25) is 20.0 Å². The van der Waals surface area contributed by atoms with Crippen LogP contribution >= 0.6 is 23.2 Å². The average molecular weight is 1230 g/mol. The van der Waals surface area contributed by atoms with E-state index in [0.717, 1.165) is 175 Å². The molecular formula is C66H82Cl2N4O10S2. The van der Waals surface area contributed by atoms with Crippen LogP contribution in [0.4, 0.5) is 11.4 Å². The SMILES string of the molecule is C[C@@H]1[C@@H](C)CCC[C@@]2(CO2)[C@@H]2CC[C@H]2CN2C[C@@]3(CCCc4cc(Cl)ccc43)COc3ccc(cc32)C(=O)NS1(=O)=O.C[C@@H]1[C@@H](C)CCC[C@]2(CO2)[C@@H]2CC[C@H]2CN2C[C@@]3(CCCc4cc(Cl)ccc43)COc3ccc(cc32)C(=O)NS1(=O)=O. The number of halogens is 2. The molecule has 14 rings (SSSR count). The number of sulfonamides is 2. The molecule has 6 heterocycles. The van der Waals surface area contributed by atoms with Crippen LogP contribution in [0.1, 0.15) is 161 Å². The highest BCUT2D eigenvalue weighted by atomic mass is 35.5. The molecule has 0 unspecified atom stereocenters. The quantitative estimate of drug-likeness (QED) is 0.160. The van der Waals surface area contributed by atoms with E-state index in [2.05, 4.69) is 43.5 Å². The number of nitrogens with zero attached hydrogens (tertiary/aromatic N) is 2. The highest BCUT2D eigenvalue weighted by Crippen LogP contribution is 2.56. The molecule has 4 aromatic carbocycles. The van der Waals surface area contributed by atoms with Gasteiger partial charge in [0.05, 0.1) is 59.5 Å². The summed E-state index contributed by atoms with van der Waals surface area (Å²) in [5, 5.41) is 0.162. The van der Waals surface area contributed by atoms with Gasteiger partial charge in [-0.1, -0.05) is 62.0 Å². The van der Waals surface area contributed by atoms with Crippen LogP contribution in [0, 0.1) is 35.5 Å². The number of amides is 2. The topological polar surface area (TPSA) is 176 Å². The number of rotatable bonds is 0. The highest BCUT2D eigenvalue weighted by Gasteiger charge is 2.59. The Morgan fingerprint density at radius 2 is 0.929 bits per heavy atom. The van der Waals surface area contributed by atoms with E-state index >= 15 is 0 Å². The van der Waals surface area contributed by atoms with Gasteiger partial charge < -0.3 is 28.7 Å². The third-order valence-corrected chi connectivity index (χ3v) is 26.6. The lowest BCUT2D eigenvalue weighted by Crippen LogP contribution is -2.50. The van der Waals surface area contributed by atoms with Crippen LogP contribution in [0.5, 0.6) is 11.5 Å². The number of fused-ring (bicyclic) bond motifs is 10. The molecule has 10 aliphatic rings. The van der Waals surface area contributed by atoms with E-state index in [9.17, 15) is 26.4 Å². The smallest absolute Gasteiger partial charge is 0.264 e. The molecule has 2 N–H and O–H groups in total. The number of hydrogen-bond donors (Lipinski definition) is 2. The zero-order chi connectivity index (χ0) is 58.6. The van der Waals surface area contributed by atoms with Gasteiger partial charge in [0.1, 0.15) is 11.5 Å². The molecule has 6 aliphatic heterocycles. The number of carbonyl (C=O) groups is 2. The van der Waals surface area contributed by atoms with Gasteiger partial charge >= 0.3 is 0 Å². The molecule has 18 heteroatoms. The Kier molecular flexibility index (Phi) is 15.5. The van der Waals surface area contributed by atoms with Crippen LogP contribution in [0.25, 0.3) is 0 Å². The largest absolute Gasteiger partial charge is 0.490 e. The Morgan fingerprint density at radius 1 is 0.512 bits per heavy atom. The normalized spacial score (nSPS) is 35.7. The van der Waals surface area contributed by atoms with E-state index in [0.29, 0.717) is 48.0 Å². The summed E-state index contributed by atoms with van der Waals surface area (Å²) < 4.78 is 83.3. The molecule has 4 fully saturated rings. The molecule has 2 saturated carbocycles. The molecule has 4 aliphatic carbocycles. The summed E-state index contributed by atoms with van der Waals surface area (Å²) in [4.78, 5) is 31.6. The molecule has 12 atom stereocenters. The van der Waals surface area contributed by atoms with Gasteiger partial charge in [-0.15, -0.1) is 0 Å². The Bertz CT molecular complexity index is 3240. The van der Waals surface area contributed by atoms with Crippen LogP contribution in [-0.4, -0.2) is 103 Å². The van der Waals surface area contributed by atoms with E-state index in [4.69, 9.17) is 42.1 Å². The van der Waals surface area contributed by atoms with Crippen molar-refractivity contribution in [2.45, 2.75) is 163 Å². The van der Waals surface area contributed by atoms with E-state index < -0.39 is 42.4 Å². The van der Waals surface area contributed by atoms with Gasteiger partial charge in [0, 0.05) is 58.2 Å². The van der Waals surface area contributed by atoms with Crippen molar-refractivity contribution in [1.82, 2.24) is 9.44 Å². The molecule has 14 nitrogen and oxygen atoms in total. The fourth-order valence-corrected chi connectivity index (χ4v) is 19.4. The highest BCUT2D eigenvalue weighted by molar-refractivity contribution is 7.91. The Morgan fingerprint density at radius 3 is 1.31 bits per heavy atom. The summed E-state index contributed by atoms with van der Waals surface area (Å²) in [6, 6.07) is 23.3. The monoisotopic (exact) mass is 1220 g/mol. The van der Waals surface area contributed by atoms with Gasteiger partial charge in [0.15, 0.2) is 0 Å². The standard InChI is InChI=1S/2C33H41ClN2O5S/c2*1-21-5-3-14-33(20-41-33)28-10-7-25(28)17-36-18-32(13-4-6-23-15-26(34)9-11-27(23)32)19-40-30-12-8-24(16-29(30)36)31(37)35-42(38,39)22(21)2/h2*8-9,11-12,15-16,21-22,25,28H,3-7,10,13-14,17-20H2,1-2H3,(H,35,37)/t21-,22+,25-,28+,32-,33+;21-,22+,25-,28+,32-,33-/m00/s1. The van der Waals surface area contributed by atoms with Crippen molar-refractivity contribution < 1.29 is 45.4 Å². The van der Waals surface area contributed by atoms with Crippen molar-refractivity contribution in [2.75, 3.05) is 62.4 Å². The molecule has 2 amide bonds. The van der Waals surface area contributed by atoms with Crippen molar-refractivity contribution in [2.24, 2.45) is 35.5 Å². The number of benzene rings is 4. The summed E-state index contributed by atoms with van der Waals surface area (Å²) in [5.74, 6) is 2.13. The van der Waals surface area contributed by atoms with Gasteiger partial charge in [-0.05, 0) is 222 Å². The third-order valence-electron chi connectivity index (χ3n) is 22.3. The van der Waals surface area contributed by atoms with Gasteiger partial charge in [-0.3, -0.25) is 9.59 Å². The zero-order valence-corrected chi connectivity index (χ0v) is 52.2. The molecule has 0 radical (unpaired) electrons. The molecule has 4 aromatic rings. The maximum absolute atomic E-state index is 13.4. The molecule has 4 spiro atoms. The summed E-state index contributed by atoms with van der Waals surface area (Å²) in [6.07, 6.45) is 16.1. The summed E-state index contributed by atoms with van der Waals surface area (Å²) in [7, 11) is -7.69. The fraction of sp³-hybridized carbons (Fsp3) is 0.606. The van der Waals surface area contributed by atoms with Gasteiger partial charge in [-0.25, -0.2) is 26.3 Å². The minimum absolute atomic E-state index is 0.0726. The van der Waals surface area contributed by atoms with Crippen LogP contribution in [-0.2, 0) is 53.2 Å². The van der Waals surface area contributed by atoms with Crippen molar-refractivity contribution in [3.63, 3.8) is 0 Å². The van der Waals surface area contributed by atoms with Crippen molar-refractivity contribution in [1.29, 1.82) is 0 Å². The molecule has 0 aromatic heterocycles. The van der Waals surface area contributed by atoms with E-state index in [1.165, 1.54) is 22.3 Å². The molecule has 4 bridgehead atoms. The number of nitrogens with one attached hydrogen (secondary N) is 2. The minimum Gasteiger partial charge on any atom is -0.490 e. The molecule has 2 saturated heterocycles. The Labute approximate surface area is 506 Å². The van der Waals surface area contributed by atoms with Crippen LogP contribution in [0.2, 0.25) is 10.0 Å². The van der Waals surface area contributed by atoms with E-state index in [1.807, 2.05) is 50.2 Å². The van der Waals surface area contributed by atoms with Gasteiger partial charge in [0.25, 0.3) is 11.8 Å². The summed E-state index contributed by atoms with van der Waals surface area (Å²) in [6.45, 7) is 13.3. The lowest BCUT2D eigenvalue weighted by Gasteiger charge is -2.46. The molecular weight excluding hydrogens is 1140 g/mol. The number of ether oxygens (including phenoxy) is 4. The first-order valence-electron chi connectivity index (χ1n) is 31.2. The molecule has 84 heavy (non-hydrogen) atoms. The van der Waals surface area contributed by atoms with Gasteiger partial charge in [-0.2, -0.15) is 0 Å². The van der Waals surface area contributed by atoms with Crippen molar-refractivity contribution in [3.05, 3.63) is 116 Å². The first-order chi connectivity index (χ1) is 40.2. The zero-order valence-electron chi connectivity index (χ0n) is 49.1. The first kappa shape index (κ1) is 58.4. The average Bonchev–Trinajstić information content (AvgIpc) is 1.89. The van der Waals surface area contributed by atoms with Crippen LogP contribution in [0.15, 0.2) is 72.8 Å². The maximum Gasteiger partial charge on any atom is 0.264 e. The number of carbonyl (C=O) groups excluding carboxylic acids is 2. The van der Waals surface area contributed by atoms with Crippen LogP contribution < -0.4 is 28.7 Å². The second-order valence-corrected chi connectivity index (χ2v) is 32.2. The second-order valence-electron chi connectivity index (χ2n) is 27.3. The lowest BCUT2D eigenvalue weighted by atomic mass is 9.65. The predicted molar refractivity (Wildman–Crippen MR) is 328 cm³/mol.